The average Bonchev–Trinajstić information content (AvgIpc) is 2.17. The van der Waals surface area contributed by atoms with Crippen LogP contribution in [0.5, 0.6) is 0 Å². The van der Waals surface area contributed by atoms with E-state index >= 15 is 0 Å². The Bertz CT molecular complexity index is 549. The molecule has 0 bridgehead atoms. The standard InChI is InChI=1S/C12H12BrN3/c13-8-4-5-10-9(6-8)11(14)16-12(15-10)7-2-1-3-7/h4-7H,1-3H2,(H2,14,15,16). The van der Waals surface area contributed by atoms with Crippen molar-refractivity contribution in [3.8, 4) is 0 Å². The number of hydrogen-bond acceptors (Lipinski definition) is 3. The van der Waals surface area contributed by atoms with Crippen molar-refractivity contribution in [2.45, 2.75) is 25.2 Å². The number of aromatic nitrogens is 2. The van der Waals surface area contributed by atoms with Gasteiger partial charge in [-0.3, -0.25) is 0 Å². The summed E-state index contributed by atoms with van der Waals surface area (Å²) in [5.74, 6) is 2.03. The van der Waals surface area contributed by atoms with Crippen LogP contribution in [0.2, 0.25) is 0 Å². The highest BCUT2D eigenvalue weighted by Crippen LogP contribution is 2.35. The molecule has 1 saturated carbocycles. The minimum Gasteiger partial charge on any atom is -0.383 e. The Morgan fingerprint density at radius 1 is 1.25 bits per heavy atom. The van der Waals surface area contributed by atoms with Crippen molar-refractivity contribution in [3.05, 3.63) is 28.5 Å². The highest BCUT2D eigenvalue weighted by atomic mass is 79.9. The van der Waals surface area contributed by atoms with Gasteiger partial charge in [0.25, 0.3) is 0 Å². The number of anilines is 1. The van der Waals surface area contributed by atoms with Gasteiger partial charge in [0.2, 0.25) is 0 Å². The summed E-state index contributed by atoms with van der Waals surface area (Å²) in [5.41, 5.74) is 6.91. The van der Waals surface area contributed by atoms with Crippen LogP contribution in [0.25, 0.3) is 10.9 Å². The summed E-state index contributed by atoms with van der Waals surface area (Å²) >= 11 is 3.43. The highest BCUT2D eigenvalue weighted by Gasteiger charge is 2.23. The maximum atomic E-state index is 5.97. The van der Waals surface area contributed by atoms with Gasteiger partial charge in [0.1, 0.15) is 11.6 Å². The van der Waals surface area contributed by atoms with Crippen LogP contribution < -0.4 is 5.73 Å². The molecule has 0 spiro atoms. The molecular weight excluding hydrogens is 266 g/mol. The van der Waals surface area contributed by atoms with Crippen molar-refractivity contribution in [2.75, 3.05) is 5.73 Å². The molecule has 1 heterocycles. The molecule has 2 N–H and O–H groups in total. The molecule has 0 unspecified atom stereocenters. The van der Waals surface area contributed by atoms with Gasteiger partial charge < -0.3 is 5.73 Å². The Hall–Kier alpha value is -1.16. The summed E-state index contributed by atoms with van der Waals surface area (Å²) in [6.45, 7) is 0. The number of nitrogens with zero attached hydrogens (tertiary/aromatic N) is 2. The van der Waals surface area contributed by atoms with Gasteiger partial charge in [-0.1, -0.05) is 22.4 Å². The van der Waals surface area contributed by atoms with Gasteiger partial charge in [0, 0.05) is 15.8 Å². The van der Waals surface area contributed by atoms with Crippen molar-refractivity contribution >= 4 is 32.7 Å². The second kappa shape index (κ2) is 3.70. The van der Waals surface area contributed by atoms with E-state index in [9.17, 15) is 0 Å². The second-order valence-electron chi connectivity index (χ2n) is 4.26. The first kappa shape index (κ1) is 10.0. The minimum atomic E-state index is 0.523. The fourth-order valence-electron chi connectivity index (χ4n) is 1.99. The molecule has 0 aliphatic heterocycles. The van der Waals surface area contributed by atoms with Crippen molar-refractivity contribution in [1.82, 2.24) is 9.97 Å². The van der Waals surface area contributed by atoms with E-state index in [1.807, 2.05) is 18.2 Å². The number of fused-ring (bicyclic) bond motifs is 1. The quantitative estimate of drug-likeness (QED) is 0.871. The molecule has 16 heavy (non-hydrogen) atoms. The number of benzene rings is 1. The molecule has 0 saturated heterocycles. The van der Waals surface area contributed by atoms with Crippen LogP contribution in [0.3, 0.4) is 0 Å². The molecule has 82 valence electrons. The van der Waals surface area contributed by atoms with Crippen LogP contribution in [0, 0.1) is 0 Å². The summed E-state index contributed by atoms with van der Waals surface area (Å²) in [4.78, 5) is 9.00. The Morgan fingerprint density at radius 3 is 2.75 bits per heavy atom. The largest absolute Gasteiger partial charge is 0.383 e. The van der Waals surface area contributed by atoms with Crippen molar-refractivity contribution in [3.63, 3.8) is 0 Å². The van der Waals surface area contributed by atoms with Crippen LogP contribution in [0.15, 0.2) is 22.7 Å². The lowest BCUT2D eigenvalue weighted by Crippen LogP contribution is -2.13. The lowest BCUT2D eigenvalue weighted by Gasteiger charge is -2.24. The summed E-state index contributed by atoms with van der Waals surface area (Å²) in [5, 5.41) is 0.928. The third-order valence-corrected chi connectivity index (χ3v) is 3.67. The molecule has 0 radical (unpaired) electrons. The number of halogens is 1. The van der Waals surface area contributed by atoms with Gasteiger partial charge in [0.15, 0.2) is 0 Å². The van der Waals surface area contributed by atoms with Gasteiger partial charge in [0.05, 0.1) is 5.52 Å². The van der Waals surface area contributed by atoms with Crippen molar-refractivity contribution in [2.24, 2.45) is 0 Å². The molecule has 2 aromatic rings. The Morgan fingerprint density at radius 2 is 2.06 bits per heavy atom. The Balaban J connectivity index is 2.17. The van der Waals surface area contributed by atoms with Gasteiger partial charge in [-0.25, -0.2) is 9.97 Å². The van der Waals surface area contributed by atoms with Gasteiger partial charge in [-0.15, -0.1) is 0 Å². The normalized spacial score (nSPS) is 16.3. The Labute approximate surface area is 102 Å². The van der Waals surface area contributed by atoms with Gasteiger partial charge in [-0.2, -0.15) is 0 Å². The van der Waals surface area contributed by atoms with E-state index in [-0.39, 0.29) is 0 Å². The zero-order valence-electron chi connectivity index (χ0n) is 8.78. The first-order chi connectivity index (χ1) is 7.74. The number of rotatable bonds is 1. The molecule has 1 aliphatic rings. The Kier molecular flexibility index (Phi) is 2.32. The summed E-state index contributed by atoms with van der Waals surface area (Å²) in [7, 11) is 0. The predicted octanol–water partition coefficient (Wildman–Crippen LogP) is 3.24. The molecule has 1 aromatic heterocycles. The van der Waals surface area contributed by atoms with Crippen LogP contribution in [-0.2, 0) is 0 Å². The molecule has 3 nitrogen and oxygen atoms in total. The minimum absolute atomic E-state index is 0.523. The SMILES string of the molecule is Nc1nc(C2CCC2)nc2ccc(Br)cc12. The maximum Gasteiger partial charge on any atom is 0.135 e. The molecular formula is C12H12BrN3. The molecule has 4 heteroatoms. The van der Waals surface area contributed by atoms with E-state index in [0.717, 1.165) is 21.2 Å². The zero-order chi connectivity index (χ0) is 11.1. The number of hydrogen-bond donors (Lipinski definition) is 1. The monoisotopic (exact) mass is 277 g/mol. The summed E-state index contributed by atoms with van der Waals surface area (Å²) in [6, 6.07) is 5.94. The van der Waals surface area contributed by atoms with Crippen LogP contribution in [-0.4, -0.2) is 9.97 Å². The van der Waals surface area contributed by atoms with Crippen LogP contribution >= 0.6 is 15.9 Å². The summed E-state index contributed by atoms with van der Waals surface area (Å²) in [6.07, 6.45) is 3.68. The van der Waals surface area contributed by atoms with E-state index in [1.54, 1.807) is 0 Å². The van der Waals surface area contributed by atoms with E-state index in [0.29, 0.717) is 11.7 Å². The number of nitrogen functional groups attached to an aromatic ring is 1. The first-order valence-corrected chi connectivity index (χ1v) is 6.26. The summed E-state index contributed by atoms with van der Waals surface area (Å²) < 4.78 is 1.01. The van der Waals surface area contributed by atoms with E-state index in [1.165, 1.54) is 19.3 Å². The smallest absolute Gasteiger partial charge is 0.135 e. The lowest BCUT2D eigenvalue weighted by atomic mass is 9.85. The van der Waals surface area contributed by atoms with Crippen LogP contribution in [0.1, 0.15) is 31.0 Å². The van der Waals surface area contributed by atoms with E-state index in [2.05, 4.69) is 25.9 Å². The van der Waals surface area contributed by atoms with E-state index < -0.39 is 0 Å². The fraction of sp³-hybridized carbons (Fsp3) is 0.333. The molecule has 1 aliphatic carbocycles. The van der Waals surface area contributed by atoms with Crippen molar-refractivity contribution < 1.29 is 0 Å². The van der Waals surface area contributed by atoms with Crippen molar-refractivity contribution in [1.29, 1.82) is 0 Å². The average molecular weight is 278 g/mol. The third-order valence-electron chi connectivity index (χ3n) is 3.17. The highest BCUT2D eigenvalue weighted by molar-refractivity contribution is 9.10. The maximum absolute atomic E-state index is 5.97. The molecule has 1 aromatic carbocycles. The molecule has 0 amide bonds. The zero-order valence-corrected chi connectivity index (χ0v) is 10.4. The number of nitrogens with two attached hydrogens (primary N) is 1. The molecule has 3 rings (SSSR count). The topological polar surface area (TPSA) is 51.8 Å². The van der Waals surface area contributed by atoms with Gasteiger partial charge in [-0.05, 0) is 31.0 Å². The fourth-order valence-corrected chi connectivity index (χ4v) is 2.35. The second-order valence-corrected chi connectivity index (χ2v) is 5.17. The molecule has 1 fully saturated rings. The van der Waals surface area contributed by atoms with E-state index in [4.69, 9.17) is 5.73 Å². The predicted molar refractivity (Wildman–Crippen MR) is 68.2 cm³/mol. The molecule has 0 atom stereocenters. The first-order valence-electron chi connectivity index (χ1n) is 5.47. The van der Waals surface area contributed by atoms with Crippen LogP contribution in [0.4, 0.5) is 5.82 Å². The lowest BCUT2D eigenvalue weighted by molar-refractivity contribution is 0.403. The van der Waals surface area contributed by atoms with Gasteiger partial charge >= 0.3 is 0 Å². The third kappa shape index (κ3) is 1.57.